The van der Waals surface area contributed by atoms with Gasteiger partial charge in [-0.3, -0.25) is 0 Å². The maximum absolute atomic E-state index is 8.57. The van der Waals surface area contributed by atoms with Gasteiger partial charge in [0.25, 0.3) is 0 Å². The van der Waals surface area contributed by atoms with Crippen molar-refractivity contribution >= 4 is 26.6 Å². The third-order valence-electron chi connectivity index (χ3n) is 0.617. The van der Waals surface area contributed by atoms with Gasteiger partial charge in [0.1, 0.15) is 12.7 Å². The normalized spacial score (nSPS) is 11.3. The predicted molar refractivity (Wildman–Crippen MR) is 37.8 cm³/mol. The van der Waals surface area contributed by atoms with Crippen LogP contribution in [0, 0.1) is 0 Å². The molecule has 0 saturated carbocycles. The fraction of sp³-hybridized carbons (Fsp3) is 0.600. The minimum absolute atomic E-state index is 0. The van der Waals surface area contributed by atoms with Crippen LogP contribution >= 0.6 is 0 Å². The van der Waals surface area contributed by atoms with E-state index in [1.54, 1.807) is 0 Å². The zero-order valence-corrected chi connectivity index (χ0v) is 8.97. The van der Waals surface area contributed by atoms with Crippen molar-refractivity contribution in [2.45, 2.75) is 6.10 Å². The zero-order chi connectivity index (χ0) is 6.41. The van der Waals surface area contributed by atoms with E-state index in [-0.39, 0.29) is 39.8 Å². The van der Waals surface area contributed by atoms with Gasteiger partial charge in [0, 0.05) is 0 Å². The van der Waals surface area contributed by atoms with E-state index in [1.165, 1.54) is 6.26 Å². The molecule has 0 aliphatic heterocycles. The molecule has 1 atom stereocenters. The Labute approximate surface area is 73.8 Å². The third kappa shape index (κ3) is 8.36. The van der Waals surface area contributed by atoms with Gasteiger partial charge < -0.3 is 14.9 Å². The van der Waals surface area contributed by atoms with Crippen molar-refractivity contribution in [3.8, 4) is 0 Å². The van der Waals surface area contributed by atoms with Crippen LogP contribution in [-0.4, -0.2) is 56.1 Å². The van der Waals surface area contributed by atoms with Gasteiger partial charge >= 0.3 is 26.6 Å². The van der Waals surface area contributed by atoms with E-state index >= 15 is 0 Å². The summed E-state index contributed by atoms with van der Waals surface area (Å²) in [4.78, 5) is 0. The molecule has 0 saturated heterocycles. The Bertz CT molecular complexity index is 67.2. The molecule has 1 unspecified atom stereocenters. The van der Waals surface area contributed by atoms with E-state index in [0.717, 1.165) is 0 Å². The van der Waals surface area contributed by atoms with Crippen LogP contribution in [0.5, 0.6) is 0 Å². The quantitative estimate of drug-likeness (QED) is 0.623. The molecule has 0 amide bonds. The standard InChI is InChI=1S/C5H10O3.Po.2H/c1-2-8-4-5(7)3-6;;;/h2,5-7H,1,3-4H2;;;. The first-order valence-corrected chi connectivity index (χ1v) is 2.32. The number of aliphatic hydroxyl groups excluding tert-OH is 2. The van der Waals surface area contributed by atoms with Gasteiger partial charge in [-0.15, -0.1) is 0 Å². The van der Waals surface area contributed by atoms with E-state index in [4.69, 9.17) is 10.2 Å². The van der Waals surface area contributed by atoms with E-state index in [9.17, 15) is 0 Å². The Balaban J connectivity index is 0. The fourth-order valence-electron chi connectivity index (χ4n) is 0.232. The Morgan fingerprint density at radius 2 is 2.22 bits per heavy atom. The second-order valence-electron chi connectivity index (χ2n) is 1.34. The molecule has 0 spiro atoms. The molecule has 4 heteroatoms. The second-order valence-corrected chi connectivity index (χ2v) is 1.34. The molecule has 9 heavy (non-hydrogen) atoms. The molecule has 0 rings (SSSR count). The van der Waals surface area contributed by atoms with E-state index < -0.39 is 6.10 Å². The van der Waals surface area contributed by atoms with Crippen LogP contribution in [0.2, 0.25) is 0 Å². The Hall–Kier alpha value is 0.356. The van der Waals surface area contributed by atoms with Crippen LogP contribution in [0.15, 0.2) is 12.8 Å². The molecule has 0 aromatic carbocycles. The SMILES string of the molecule is C=COCC(O)CO.[PoH2]. The van der Waals surface area contributed by atoms with Gasteiger partial charge in [0.2, 0.25) is 0 Å². The fourth-order valence-corrected chi connectivity index (χ4v) is 0.232. The summed E-state index contributed by atoms with van der Waals surface area (Å²) in [7, 11) is 0. The van der Waals surface area contributed by atoms with Gasteiger partial charge in [-0.25, -0.2) is 0 Å². The Kier molecular flexibility index (Phi) is 11.2. The van der Waals surface area contributed by atoms with E-state index in [2.05, 4.69) is 11.3 Å². The van der Waals surface area contributed by atoms with Crippen molar-refractivity contribution in [3.63, 3.8) is 0 Å². The molecule has 0 bridgehead atoms. The first kappa shape index (κ1) is 12.1. The second kappa shape index (κ2) is 8.36. The molecule has 0 aliphatic rings. The van der Waals surface area contributed by atoms with Crippen molar-refractivity contribution < 1.29 is 14.9 Å². The van der Waals surface area contributed by atoms with Crippen molar-refractivity contribution in [3.05, 3.63) is 12.8 Å². The summed E-state index contributed by atoms with van der Waals surface area (Å²) in [6.07, 6.45) is 0.437. The summed E-state index contributed by atoms with van der Waals surface area (Å²) in [6.45, 7) is 3.09. The van der Waals surface area contributed by atoms with Crippen LogP contribution in [-0.2, 0) is 4.74 Å². The van der Waals surface area contributed by atoms with Gasteiger partial charge in [-0.05, 0) is 0 Å². The molecule has 3 nitrogen and oxygen atoms in total. The molecular formula is C5H12O3Po. The average Bonchev–Trinajstić information content (AvgIpc) is 1.83. The minimum atomic E-state index is -0.784. The van der Waals surface area contributed by atoms with Crippen LogP contribution in [0.4, 0.5) is 0 Å². The van der Waals surface area contributed by atoms with Crippen LogP contribution in [0.1, 0.15) is 0 Å². The summed E-state index contributed by atoms with van der Waals surface area (Å²) in [6, 6.07) is 0. The number of rotatable bonds is 4. The summed E-state index contributed by atoms with van der Waals surface area (Å²) < 4.78 is 4.54. The summed E-state index contributed by atoms with van der Waals surface area (Å²) in [5, 5.41) is 16.8. The zero-order valence-electron chi connectivity index (χ0n) is 5.08. The van der Waals surface area contributed by atoms with Gasteiger partial charge in [0.05, 0.1) is 12.9 Å². The molecule has 56 valence electrons. The molecule has 2 N–H and O–H groups in total. The molecular weight excluding hydrogens is 317 g/mol. The topological polar surface area (TPSA) is 49.7 Å². The first-order valence-electron chi connectivity index (χ1n) is 2.32. The van der Waals surface area contributed by atoms with E-state index in [0.29, 0.717) is 0 Å². The van der Waals surface area contributed by atoms with Crippen molar-refractivity contribution in [2.75, 3.05) is 13.2 Å². The Morgan fingerprint density at radius 1 is 1.67 bits per heavy atom. The monoisotopic (exact) mass is 329 g/mol. The first-order chi connectivity index (χ1) is 3.81. The molecule has 0 radical (unpaired) electrons. The van der Waals surface area contributed by atoms with Crippen molar-refractivity contribution in [1.29, 1.82) is 0 Å². The molecule has 0 aromatic heterocycles. The van der Waals surface area contributed by atoms with E-state index in [1.807, 2.05) is 0 Å². The van der Waals surface area contributed by atoms with Gasteiger partial charge in [-0.2, -0.15) is 0 Å². The Morgan fingerprint density at radius 3 is 2.56 bits per heavy atom. The predicted octanol–water partition coefficient (Wildman–Crippen LogP) is -1.42. The maximum atomic E-state index is 8.57. The summed E-state index contributed by atoms with van der Waals surface area (Å²) in [5.41, 5.74) is 0. The molecule has 0 heterocycles. The molecule has 0 fully saturated rings. The number of ether oxygens (including phenoxy) is 1. The van der Waals surface area contributed by atoms with Crippen molar-refractivity contribution in [1.82, 2.24) is 0 Å². The molecule has 0 aromatic rings. The van der Waals surface area contributed by atoms with Crippen molar-refractivity contribution in [2.24, 2.45) is 0 Å². The summed E-state index contributed by atoms with van der Waals surface area (Å²) >= 11 is 0. The number of hydrogen-bond acceptors (Lipinski definition) is 3. The summed E-state index contributed by atoms with van der Waals surface area (Å²) in [5.74, 6) is 0. The number of hydrogen-bond donors (Lipinski definition) is 2. The van der Waals surface area contributed by atoms with Crippen LogP contribution in [0.25, 0.3) is 0 Å². The van der Waals surface area contributed by atoms with Crippen LogP contribution < -0.4 is 0 Å². The average molecular weight is 329 g/mol. The number of aliphatic hydroxyl groups is 2. The third-order valence-corrected chi connectivity index (χ3v) is 0.617. The van der Waals surface area contributed by atoms with Crippen LogP contribution in [0.3, 0.4) is 0 Å². The molecule has 0 aliphatic carbocycles. The van der Waals surface area contributed by atoms with Gasteiger partial charge in [-0.1, -0.05) is 6.58 Å². The van der Waals surface area contributed by atoms with Gasteiger partial charge in [0.15, 0.2) is 0 Å².